The van der Waals surface area contributed by atoms with Crippen molar-refractivity contribution in [1.29, 1.82) is 0 Å². The number of carbonyl (C=O) groups excluding carboxylic acids is 1. The lowest BCUT2D eigenvalue weighted by Gasteiger charge is -2.15. The number of likely N-dealkylation sites (tertiary alicyclic amines) is 1. The summed E-state index contributed by atoms with van der Waals surface area (Å²) in [6, 6.07) is 0. The van der Waals surface area contributed by atoms with E-state index >= 15 is 0 Å². The number of nitrogens with one attached hydrogen (secondary N) is 1. The van der Waals surface area contributed by atoms with Gasteiger partial charge in [0.15, 0.2) is 0 Å². The highest BCUT2D eigenvalue weighted by molar-refractivity contribution is 5.88. The van der Waals surface area contributed by atoms with Crippen molar-refractivity contribution in [2.45, 2.75) is 37.6 Å². The van der Waals surface area contributed by atoms with E-state index in [2.05, 4.69) is 10.2 Å². The third kappa shape index (κ3) is 5.00. The van der Waals surface area contributed by atoms with Crippen LogP contribution in [0.1, 0.15) is 32.1 Å². The number of nitrogens with two attached hydrogens (primary N) is 1. The molecule has 1 saturated carbocycles. The summed E-state index contributed by atoms with van der Waals surface area (Å²) in [5.74, 6) is 0.0453. The fourth-order valence-corrected chi connectivity index (χ4v) is 2.05. The first-order chi connectivity index (χ1) is 7.21. The third-order valence-electron chi connectivity index (χ3n) is 3.38. The molecule has 3 N–H and O–H groups in total. The molecular weight excluding hydrogens is 261 g/mol. The maximum atomic E-state index is 11.5. The lowest BCUT2D eigenvalue weighted by molar-refractivity contribution is -0.123. The van der Waals surface area contributed by atoms with E-state index in [0.29, 0.717) is 0 Å². The van der Waals surface area contributed by atoms with E-state index in [9.17, 15) is 4.79 Å². The molecule has 1 amide bonds. The lowest BCUT2D eigenvalue weighted by atomic mass is 10.2. The van der Waals surface area contributed by atoms with Crippen molar-refractivity contribution in [3.8, 4) is 0 Å². The van der Waals surface area contributed by atoms with Crippen LogP contribution in [-0.4, -0.2) is 42.5 Å². The van der Waals surface area contributed by atoms with E-state index in [1.807, 2.05) is 0 Å². The standard InChI is InChI=1S/C11H21N3O.2ClH/c12-11(4-5-11)10(15)13-6-3-9-14-7-1-2-8-14;;/h1-9,12H2,(H,13,15);2*1H. The second kappa shape index (κ2) is 7.41. The summed E-state index contributed by atoms with van der Waals surface area (Å²) in [5, 5.41) is 2.92. The Labute approximate surface area is 115 Å². The first-order valence-corrected chi connectivity index (χ1v) is 6.00. The lowest BCUT2D eigenvalue weighted by Crippen LogP contribution is -2.43. The summed E-state index contributed by atoms with van der Waals surface area (Å²) in [5.41, 5.74) is 5.27. The van der Waals surface area contributed by atoms with Crippen molar-refractivity contribution in [3.63, 3.8) is 0 Å². The number of nitrogens with zero attached hydrogens (tertiary/aromatic N) is 1. The number of amides is 1. The van der Waals surface area contributed by atoms with Gasteiger partial charge in [-0.05, 0) is 51.7 Å². The molecule has 102 valence electrons. The van der Waals surface area contributed by atoms with Crippen molar-refractivity contribution in [1.82, 2.24) is 10.2 Å². The molecule has 1 aliphatic carbocycles. The van der Waals surface area contributed by atoms with Crippen LogP contribution >= 0.6 is 24.8 Å². The van der Waals surface area contributed by atoms with Crippen LogP contribution < -0.4 is 11.1 Å². The molecule has 2 aliphatic rings. The predicted octanol–water partition coefficient (Wildman–Crippen LogP) is 0.923. The van der Waals surface area contributed by atoms with Crippen LogP contribution in [0.3, 0.4) is 0 Å². The molecule has 0 spiro atoms. The minimum absolute atomic E-state index is 0. The molecule has 1 aliphatic heterocycles. The molecule has 2 fully saturated rings. The molecule has 6 heteroatoms. The summed E-state index contributed by atoms with van der Waals surface area (Å²) in [7, 11) is 0. The molecule has 2 rings (SSSR count). The zero-order valence-electron chi connectivity index (χ0n) is 10.1. The van der Waals surface area contributed by atoms with Crippen molar-refractivity contribution < 1.29 is 4.79 Å². The van der Waals surface area contributed by atoms with Crippen molar-refractivity contribution in [2.24, 2.45) is 5.73 Å². The summed E-state index contributed by atoms with van der Waals surface area (Å²) in [4.78, 5) is 13.9. The maximum Gasteiger partial charge on any atom is 0.240 e. The van der Waals surface area contributed by atoms with Crippen LogP contribution in [-0.2, 0) is 4.79 Å². The van der Waals surface area contributed by atoms with Gasteiger partial charge in [-0.3, -0.25) is 4.79 Å². The molecule has 4 nitrogen and oxygen atoms in total. The normalized spacial score (nSPS) is 21.2. The smallest absolute Gasteiger partial charge is 0.240 e. The van der Waals surface area contributed by atoms with Crippen LogP contribution in [0.4, 0.5) is 0 Å². The van der Waals surface area contributed by atoms with Gasteiger partial charge in [-0.25, -0.2) is 0 Å². The SMILES string of the molecule is Cl.Cl.NC1(C(=O)NCCCN2CCCC2)CC1. The number of hydrogen-bond donors (Lipinski definition) is 2. The zero-order valence-corrected chi connectivity index (χ0v) is 11.7. The van der Waals surface area contributed by atoms with Crippen LogP contribution in [0.5, 0.6) is 0 Å². The van der Waals surface area contributed by atoms with Gasteiger partial charge in [0.25, 0.3) is 0 Å². The van der Waals surface area contributed by atoms with E-state index in [1.165, 1.54) is 25.9 Å². The van der Waals surface area contributed by atoms with Gasteiger partial charge >= 0.3 is 0 Å². The highest BCUT2D eigenvalue weighted by atomic mass is 35.5. The van der Waals surface area contributed by atoms with Gasteiger partial charge in [0.05, 0.1) is 5.54 Å². The van der Waals surface area contributed by atoms with E-state index in [-0.39, 0.29) is 30.7 Å². The van der Waals surface area contributed by atoms with Crippen LogP contribution in [0, 0.1) is 0 Å². The molecule has 0 unspecified atom stereocenters. The summed E-state index contributed by atoms with van der Waals surface area (Å²) in [6.45, 7) is 4.34. The minimum Gasteiger partial charge on any atom is -0.354 e. The van der Waals surface area contributed by atoms with E-state index in [4.69, 9.17) is 5.73 Å². The fraction of sp³-hybridized carbons (Fsp3) is 0.909. The zero-order chi connectivity index (χ0) is 10.7. The fourth-order valence-electron chi connectivity index (χ4n) is 2.05. The minimum atomic E-state index is -0.506. The van der Waals surface area contributed by atoms with Gasteiger partial charge in [-0.15, -0.1) is 24.8 Å². The van der Waals surface area contributed by atoms with Crippen molar-refractivity contribution in [2.75, 3.05) is 26.2 Å². The van der Waals surface area contributed by atoms with Crippen molar-refractivity contribution >= 4 is 30.7 Å². The maximum absolute atomic E-state index is 11.5. The molecule has 0 bridgehead atoms. The highest BCUT2D eigenvalue weighted by Crippen LogP contribution is 2.31. The number of halogens is 2. The van der Waals surface area contributed by atoms with Gasteiger partial charge < -0.3 is 16.0 Å². The first-order valence-electron chi connectivity index (χ1n) is 6.00. The van der Waals surface area contributed by atoms with E-state index in [1.54, 1.807) is 0 Å². The Morgan fingerprint density at radius 3 is 2.35 bits per heavy atom. The number of carbonyl (C=O) groups is 1. The largest absolute Gasteiger partial charge is 0.354 e. The molecule has 0 aromatic heterocycles. The number of hydrogen-bond acceptors (Lipinski definition) is 3. The predicted molar refractivity (Wildman–Crippen MR) is 73.9 cm³/mol. The van der Waals surface area contributed by atoms with Gasteiger partial charge in [-0.1, -0.05) is 0 Å². The average Bonchev–Trinajstić information content (AvgIpc) is 2.80. The molecule has 17 heavy (non-hydrogen) atoms. The molecule has 1 heterocycles. The Balaban J connectivity index is 0.00000128. The molecule has 1 saturated heterocycles. The monoisotopic (exact) mass is 283 g/mol. The van der Waals surface area contributed by atoms with Gasteiger partial charge in [0.2, 0.25) is 5.91 Å². The summed E-state index contributed by atoms with van der Waals surface area (Å²) < 4.78 is 0. The molecule has 0 aromatic carbocycles. The highest BCUT2D eigenvalue weighted by Gasteiger charge is 2.45. The average molecular weight is 284 g/mol. The van der Waals surface area contributed by atoms with Crippen LogP contribution in [0.25, 0.3) is 0 Å². The second-order valence-corrected chi connectivity index (χ2v) is 4.81. The summed E-state index contributed by atoms with van der Waals surface area (Å²) >= 11 is 0. The van der Waals surface area contributed by atoms with Gasteiger partial charge in [0, 0.05) is 6.54 Å². The third-order valence-corrected chi connectivity index (χ3v) is 3.38. The van der Waals surface area contributed by atoms with Gasteiger partial charge in [-0.2, -0.15) is 0 Å². The van der Waals surface area contributed by atoms with Crippen LogP contribution in [0.2, 0.25) is 0 Å². The summed E-state index contributed by atoms with van der Waals surface area (Å²) in [6.07, 6.45) is 5.41. The Hall–Kier alpha value is -0.0300. The topological polar surface area (TPSA) is 58.4 Å². The Morgan fingerprint density at radius 2 is 1.82 bits per heavy atom. The van der Waals surface area contributed by atoms with E-state index < -0.39 is 5.54 Å². The van der Waals surface area contributed by atoms with Crippen LogP contribution in [0.15, 0.2) is 0 Å². The Bertz CT molecular complexity index is 241. The van der Waals surface area contributed by atoms with Gasteiger partial charge in [0.1, 0.15) is 0 Å². The van der Waals surface area contributed by atoms with Crippen molar-refractivity contribution in [3.05, 3.63) is 0 Å². The molecule has 0 aromatic rings. The molecule has 0 atom stereocenters. The molecular formula is C11H23Cl2N3O. The first kappa shape index (κ1) is 17.0. The Morgan fingerprint density at radius 1 is 1.24 bits per heavy atom. The molecule has 0 radical (unpaired) electrons. The number of rotatable bonds is 5. The van der Waals surface area contributed by atoms with E-state index in [0.717, 1.165) is 32.4 Å². The quantitative estimate of drug-likeness (QED) is 0.738. The Kier molecular flexibility index (Phi) is 7.40. The second-order valence-electron chi connectivity index (χ2n) is 4.81.